The Morgan fingerprint density at radius 3 is 2.27 bits per heavy atom. The van der Waals surface area contributed by atoms with E-state index in [2.05, 4.69) is 20.1 Å². The fourth-order valence-electron chi connectivity index (χ4n) is 4.47. The third-order valence-electron chi connectivity index (χ3n) is 6.46. The van der Waals surface area contributed by atoms with E-state index in [1.165, 1.54) is 0 Å². The van der Waals surface area contributed by atoms with Crippen LogP contribution in [0.4, 0.5) is 27.7 Å². The van der Waals surface area contributed by atoms with E-state index >= 15 is 0 Å². The minimum atomic E-state index is -0.493. The molecule has 11 heteroatoms. The molecule has 0 saturated carbocycles. The molecule has 37 heavy (non-hydrogen) atoms. The number of rotatable bonds is 6. The number of aromatic nitrogens is 1. The zero-order valence-corrected chi connectivity index (χ0v) is 21.5. The van der Waals surface area contributed by atoms with Crippen molar-refractivity contribution in [3.63, 3.8) is 0 Å². The summed E-state index contributed by atoms with van der Waals surface area (Å²) < 4.78 is 5.46. The highest BCUT2D eigenvalue weighted by Crippen LogP contribution is 2.27. The minimum absolute atomic E-state index is 0.147. The molecule has 2 fully saturated rings. The number of amides is 2. The molecule has 0 unspecified atom stereocenters. The monoisotopic (exact) mass is 540 g/mol. The fourth-order valence-corrected chi connectivity index (χ4v) is 5.04. The maximum Gasteiger partial charge on any atom is 0.414 e. The normalized spacial score (nSPS) is 17.6. The molecule has 2 saturated heterocycles. The number of nitrogen functional groups attached to an aromatic ring is 1. The second-order valence-electron chi connectivity index (χ2n) is 8.86. The number of ether oxygens (including phenoxy) is 1. The Morgan fingerprint density at radius 2 is 1.62 bits per heavy atom. The van der Waals surface area contributed by atoms with Crippen LogP contribution in [0.3, 0.4) is 0 Å². The van der Waals surface area contributed by atoms with Gasteiger partial charge in [0.05, 0.1) is 40.6 Å². The van der Waals surface area contributed by atoms with Gasteiger partial charge in [-0.1, -0.05) is 29.3 Å². The summed E-state index contributed by atoms with van der Waals surface area (Å²) in [5.74, 6) is 0.513. The Balaban J connectivity index is 1.14. The average Bonchev–Trinajstić information content (AvgIpc) is 3.28. The molecule has 192 valence electrons. The van der Waals surface area contributed by atoms with Gasteiger partial charge < -0.3 is 25.6 Å². The number of pyridine rings is 1. The first-order valence-electron chi connectivity index (χ1n) is 11.9. The van der Waals surface area contributed by atoms with Gasteiger partial charge in [-0.15, -0.1) is 0 Å². The summed E-state index contributed by atoms with van der Waals surface area (Å²) in [6, 6.07) is 16.5. The van der Waals surface area contributed by atoms with Crippen molar-refractivity contribution in [1.29, 1.82) is 0 Å². The molecule has 0 spiro atoms. The van der Waals surface area contributed by atoms with Crippen LogP contribution < -0.4 is 25.8 Å². The number of carbonyl (C=O) groups excluding carboxylic acids is 2. The first-order chi connectivity index (χ1) is 17.9. The number of hydrogen-bond acceptors (Lipinski definition) is 7. The first kappa shape index (κ1) is 25.0. The number of benzene rings is 2. The first-order valence-corrected chi connectivity index (χ1v) is 12.7. The predicted octanol–water partition coefficient (Wildman–Crippen LogP) is 4.05. The van der Waals surface area contributed by atoms with E-state index in [0.717, 1.165) is 43.4 Å². The van der Waals surface area contributed by atoms with E-state index < -0.39 is 18.1 Å². The number of nitrogens with one attached hydrogen (secondary N) is 1. The highest BCUT2D eigenvalue weighted by molar-refractivity contribution is 6.39. The molecule has 2 aliphatic rings. The van der Waals surface area contributed by atoms with Crippen LogP contribution in [0.1, 0.15) is 10.4 Å². The number of nitrogens with zero attached hydrogens (tertiary/aromatic N) is 4. The van der Waals surface area contributed by atoms with Crippen LogP contribution in [-0.2, 0) is 4.74 Å². The highest BCUT2D eigenvalue weighted by Gasteiger charge is 2.33. The average molecular weight is 541 g/mol. The summed E-state index contributed by atoms with van der Waals surface area (Å²) >= 11 is 12.2. The van der Waals surface area contributed by atoms with Gasteiger partial charge in [0.25, 0.3) is 5.91 Å². The van der Waals surface area contributed by atoms with Crippen LogP contribution in [0.5, 0.6) is 0 Å². The van der Waals surface area contributed by atoms with Gasteiger partial charge >= 0.3 is 6.09 Å². The molecule has 3 heterocycles. The smallest absolute Gasteiger partial charge is 0.414 e. The number of anilines is 4. The van der Waals surface area contributed by atoms with Crippen molar-refractivity contribution >= 4 is 58.1 Å². The van der Waals surface area contributed by atoms with Gasteiger partial charge in [0, 0.05) is 37.6 Å². The molecule has 5 rings (SSSR count). The topological polar surface area (TPSA) is 104 Å². The third kappa shape index (κ3) is 5.52. The van der Waals surface area contributed by atoms with Crippen LogP contribution in [0, 0.1) is 0 Å². The van der Waals surface area contributed by atoms with Crippen molar-refractivity contribution in [3.05, 3.63) is 76.4 Å². The predicted molar refractivity (Wildman–Crippen MR) is 146 cm³/mol. The molecule has 2 amide bonds. The van der Waals surface area contributed by atoms with Gasteiger partial charge in [0.1, 0.15) is 11.9 Å². The summed E-state index contributed by atoms with van der Waals surface area (Å²) in [6.45, 7) is 3.88. The Morgan fingerprint density at radius 1 is 0.973 bits per heavy atom. The van der Waals surface area contributed by atoms with Gasteiger partial charge in [0.2, 0.25) is 0 Å². The van der Waals surface area contributed by atoms with Crippen molar-refractivity contribution < 1.29 is 14.3 Å². The van der Waals surface area contributed by atoms with Crippen LogP contribution in [0.15, 0.2) is 60.8 Å². The van der Waals surface area contributed by atoms with Gasteiger partial charge in [-0.05, 0) is 48.5 Å². The standard InChI is InChI=1S/C26H26Cl2N6O3/c27-21-2-1-3-22(28)24(21)25(35)31-15-20-16-34(26(36)37-20)19-7-5-18(6-8-19)32-10-12-33(13-11-32)23-9-4-17(29)14-30-23/h1-9,14,20H,10-13,15-16,29H2,(H,31,35)/t20-/m0/s1. The number of carbonyl (C=O) groups is 2. The lowest BCUT2D eigenvalue weighted by atomic mass is 10.2. The van der Waals surface area contributed by atoms with Crippen LogP contribution in [-0.4, -0.2) is 62.4 Å². The van der Waals surface area contributed by atoms with Crippen molar-refractivity contribution in [3.8, 4) is 0 Å². The molecule has 0 bridgehead atoms. The van der Waals surface area contributed by atoms with Crippen molar-refractivity contribution in [2.75, 3.05) is 59.7 Å². The molecule has 1 atom stereocenters. The highest BCUT2D eigenvalue weighted by atomic mass is 35.5. The van der Waals surface area contributed by atoms with Crippen LogP contribution >= 0.6 is 23.2 Å². The Bertz CT molecular complexity index is 1260. The minimum Gasteiger partial charge on any atom is -0.442 e. The van der Waals surface area contributed by atoms with E-state index in [0.29, 0.717) is 12.2 Å². The van der Waals surface area contributed by atoms with E-state index in [9.17, 15) is 9.59 Å². The fraction of sp³-hybridized carbons (Fsp3) is 0.269. The number of halogens is 2. The Labute approximate surface area is 224 Å². The molecule has 2 aliphatic heterocycles. The summed E-state index contributed by atoms with van der Waals surface area (Å²) in [4.78, 5) is 35.6. The quantitative estimate of drug-likeness (QED) is 0.485. The summed E-state index contributed by atoms with van der Waals surface area (Å²) in [5, 5.41) is 3.28. The second kappa shape index (κ2) is 10.7. The van der Waals surface area contributed by atoms with Gasteiger partial charge in [-0.25, -0.2) is 9.78 Å². The van der Waals surface area contributed by atoms with Crippen molar-refractivity contribution in [1.82, 2.24) is 10.3 Å². The van der Waals surface area contributed by atoms with Crippen LogP contribution in [0.2, 0.25) is 10.0 Å². The van der Waals surface area contributed by atoms with Gasteiger partial charge in [-0.3, -0.25) is 9.69 Å². The summed E-state index contributed by atoms with van der Waals surface area (Å²) in [6.07, 6.45) is 0.733. The Kier molecular flexibility index (Phi) is 7.25. The zero-order chi connectivity index (χ0) is 25.9. The number of nitrogens with two attached hydrogens (primary N) is 1. The van der Waals surface area contributed by atoms with E-state index in [1.54, 1.807) is 29.3 Å². The van der Waals surface area contributed by atoms with Gasteiger partial charge in [0.15, 0.2) is 0 Å². The molecule has 0 aliphatic carbocycles. The third-order valence-corrected chi connectivity index (χ3v) is 7.09. The lowest BCUT2D eigenvalue weighted by molar-refractivity contribution is 0.0916. The van der Waals surface area contributed by atoms with E-state index in [1.807, 2.05) is 36.4 Å². The molecule has 9 nitrogen and oxygen atoms in total. The lowest BCUT2D eigenvalue weighted by Crippen LogP contribution is -2.46. The van der Waals surface area contributed by atoms with Crippen molar-refractivity contribution in [2.45, 2.75) is 6.10 Å². The lowest BCUT2D eigenvalue weighted by Gasteiger charge is -2.36. The number of cyclic esters (lactones) is 1. The largest absolute Gasteiger partial charge is 0.442 e. The molecule has 3 aromatic rings. The molecule has 3 N–H and O–H groups in total. The maximum atomic E-state index is 12.5. The second-order valence-corrected chi connectivity index (χ2v) is 9.68. The number of hydrogen-bond donors (Lipinski definition) is 2. The van der Waals surface area contributed by atoms with Gasteiger partial charge in [-0.2, -0.15) is 0 Å². The van der Waals surface area contributed by atoms with E-state index in [-0.39, 0.29) is 22.2 Å². The Hall–Kier alpha value is -3.69. The zero-order valence-electron chi connectivity index (χ0n) is 19.9. The molecule has 2 aromatic carbocycles. The molecular weight excluding hydrogens is 515 g/mol. The molecule has 1 aromatic heterocycles. The van der Waals surface area contributed by atoms with Crippen LogP contribution in [0.25, 0.3) is 0 Å². The molecule has 0 radical (unpaired) electrons. The summed E-state index contributed by atoms with van der Waals surface area (Å²) in [5.41, 5.74) is 8.42. The molecular formula is C26H26Cl2N6O3. The van der Waals surface area contributed by atoms with Crippen molar-refractivity contribution in [2.24, 2.45) is 0 Å². The maximum absolute atomic E-state index is 12.5. The van der Waals surface area contributed by atoms with E-state index in [4.69, 9.17) is 33.7 Å². The SMILES string of the molecule is Nc1ccc(N2CCN(c3ccc(N4C[C@H](CNC(=O)c5c(Cl)cccc5Cl)OC4=O)cc3)CC2)nc1. The summed E-state index contributed by atoms with van der Waals surface area (Å²) in [7, 11) is 0. The number of piperazine rings is 1.